The molecule has 2 heteroatoms. The van der Waals surface area contributed by atoms with Crippen molar-refractivity contribution in [2.24, 2.45) is 0 Å². The van der Waals surface area contributed by atoms with Gasteiger partial charge in [0.05, 0.1) is 6.04 Å². The standard InChI is InChI=1S/C15H19NS/c1-4-16-15(13-8-9-17-10-13)14-11(2)6-5-7-12(14)3/h5-10,15-16H,4H2,1-3H3. The third-order valence-electron chi connectivity index (χ3n) is 3.12. The molecule has 0 spiro atoms. The molecule has 2 aromatic rings. The first kappa shape index (κ1) is 12.3. The second-order valence-corrected chi connectivity index (χ2v) is 5.13. The number of rotatable bonds is 4. The normalized spacial score (nSPS) is 12.6. The van der Waals surface area contributed by atoms with E-state index in [9.17, 15) is 0 Å². The molecule has 1 heterocycles. The van der Waals surface area contributed by atoms with Crippen molar-refractivity contribution in [3.8, 4) is 0 Å². The predicted octanol–water partition coefficient (Wildman–Crippen LogP) is 4.06. The highest BCUT2D eigenvalue weighted by Crippen LogP contribution is 2.28. The molecule has 0 amide bonds. The third-order valence-corrected chi connectivity index (χ3v) is 3.82. The van der Waals surface area contributed by atoms with Crippen molar-refractivity contribution >= 4 is 11.3 Å². The maximum Gasteiger partial charge on any atom is 0.0590 e. The number of hydrogen-bond donors (Lipinski definition) is 1. The summed E-state index contributed by atoms with van der Waals surface area (Å²) in [5, 5.41) is 7.97. The molecule has 0 bridgehead atoms. The lowest BCUT2D eigenvalue weighted by Gasteiger charge is -2.21. The van der Waals surface area contributed by atoms with Gasteiger partial charge in [-0.25, -0.2) is 0 Å². The number of nitrogens with one attached hydrogen (secondary N) is 1. The number of thiophene rings is 1. The molecule has 1 N–H and O–H groups in total. The van der Waals surface area contributed by atoms with Crippen LogP contribution < -0.4 is 5.32 Å². The van der Waals surface area contributed by atoms with Crippen LogP contribution in [0.15, 0.2) is 35.0 Å². The summed E-state index contributed by atoms with van der Waals surface area (Å²) in [4.78, 5) is 0. The molecular weight excluding hydrogens is 226 g/mol. The molecule has 1 atom stereocenters. The number of hydrogen-bond acceptors (Lipinski definition) is 2. The average Bonchev–Trinajstić information content (AvgIpc) is 2.80. The smallest absolute Gasteiger partial charge is 0.0590 e. The summed E-state index contributed by atoms with van der Waals surface area (Å²) in [6, 6.07) is 9.06. The molecule has 0 radical (unpaired) electrons. The Morgan fingerprint density at radius 2 is 1.88 bits per heavy atom. The van der Waals surface area contributed by atoms with Gasteiger partial charge in [-0.1, -0.05) is 25.1 Å². The summed E-state index contributed by atoms with van der Waals surface area (Å²) in [5.41, 5.74) is 5.52. The van der Waals surface area contributed by atoms with Crippen molar-refractivity contribution in [3.63, 3.8) is 0 Å². The topological polar surface area (TPSA) is 12.0 Å². The maximum atomic E-state index is 3.59. The van der Waals surface area contributed by atoms with Gasteiger partial charge in [0.15, 0.2) is 0 Å². The fraction of sp³-hybridized carbons (Fsp3) is 0.333. The van der Waals surface area contributed by atoms with Gasteiger partial charge in [0.25, 0.3) is 0 Å². The Labute approximate surface area is 108 Å². The van der Waals surface area contributed by atoms with E-state index in [0.29, 0.717) is 6.04 Å². The largest absolute Gasteiger partial charge is 0.306 e. The van der Waals surface area contributed by atoms with Crippen LogP contribution in [0.2, 0.25) is 0 Å². The van der Waals surface area contributed by atoms with Crippen molar-refractivity contribution in [3.05, 3.63) is 57.3 Å². The molecule has 1 aromatic heterocycles. The van der Waals surface area contributed by atoms with Crippen LogP contribution in [0, 0.1) is 13.8 Å². The summed E-state index contributed by atoms with van der Waals surface area (Å²) >= 11 is 1.76. The summed E-state index contributed by atoms with van der Waals surface area (Å²) in [5.74, 6) is 0. The van der Waals surface area contributed by atoms with Crippen LogP contribution in [0.3, 0.4) is 0 Å². The van der Waals surface area contributed by atoms with Gasteiger partial charge in [-0.3, -0.25) is 0 Å². The van der Waals surface area contributed by atoms with Crippen LogP contribution in [0.4, 0.5) is 0 Å². The van der Waals surface area contributed by atoms with E-state index in [1.54, 1.807) is 11.3 Å². The summed E-state index contributed by atoms with van der Waals surface area (Å²) in [7, 11) is 0. The molecule has 0 aliphatic carbocycles. The lowest BCUT2D eigenvalue weighted by Crippen LogP contribution is -2.23. The van der Waals surface area contributed by atoms with Crippen LogP contribution >= 0.6 is 11.3 Å². The minimum atomic E-state index is 0.326. The van der Waals surface area contributed by atoms with Crippen LogP contribution in [-0.2, 0) is 0 Å². The minimum Gasteiger partial charge on any atom is -0.306 e. The first-order valence-corrected chi connectivity index (χ1v) is 7.00. The van der Waals surface area contributed by atoms with Gasteiger partial charge < -0.3 is 5.32 Å². The third kappa shape index (κ3) is 2.59. The van der Waals surface area contributed by atoms with Crippen LogP contribution in [-0.4, -0.2) is 6.54 Å². The zero-order valence-electron chi connectivity index (χ0n) is 10.7. The van der Waals surface area contributed by atoms with Crippen molar-refractivity contribution < 1.29 is 0 Å². The van der Waals surface area contributed by atoms with Crippen LogP contribution in [0.25, 0.3) is 0 Å². The monoisotopic (exact) mass is 245 g/mol. The van der Waals surface area contributed by atoms with Crippen LogP contribution in [0.5, 0.6) is 0 Å². The van der Waals surface area contributed by atoms with E-state index >= 15 is 0 Å². The first-order valence-electron chi connectivity index (χ1n) is 6.05. The molecule has 1 unspecified atom stereocenters. The average molecular weight is 245 g/mol. The molecule has 17 heavy (non-hydrogen) atoms. The Morgan fingerprint density at radius 1 is 1.18 bits per heavy atom. The van der Waals surface area contributed by atoms with Gasteiger partial charge in [0.1, 0.15) is 0 Å². The molecule has 0 aliphatic rings. The highest BCUT2D eigenvalue weighted by Gasteiger charge is 2.17. The van der Waals surface area contributed by atoms with E-state index in [2.05, 4.69) is 61.1 Å². The van der Waals surface area contributed by atoms with E-state index in [4.69, 9.17) is 0 Å². The van der Waals surface area contributed by atoms with Gasteiger partial charge in [0, 0.05) is 0 Å². The van der Waals surface area contributed by atoms with Gasteiger partial charge in [0.2, 0.25) is 0 Å². The van der Waals surface area contributed by atoms with Crippen molar-refractivity contribution in [1.29, 1.82) is 0 Å². The Balaban J connectivity index is 2.46. The zero-order valence-corrected chi connectivity index (χ0v) is 11.5. The lowest BCUT2D eigenvalue weighted by atomic mass is 9.92. The molecule has 0 saturated carbocycles. The van der Waals surface area contributed by atoms with E-state index in [1.165, 1.54) is 22.3 Å². The second-order valence-electron chi connectivity index (χ2n) is 4.35. The lowest BCUT2D eigenvalue weighted by molar-refractivity contribution is 0.626. The van der Waals surface area contributed by atoms with Gasteiger partial charge >= 0.3 is 0 Å². The van der Waals surface area contributed by atoms with E-state index in [1.807, 2.05) is 0 Å². The second kappa shape index (κ2) is 5.48. The Bertz CT molecular complexity index is 453. The van der Waals surface area contributed by atoms with E-state index in [0.717, 1.165) is 6.54 Å². The predicted molar refractivity (Wildman–Crippen MR) is 75.8 cm³/mol. The van der Waals surface area contributed by atoms with Crippen LogP contribution in [0.1, 0.15) is 35.2 Å². The van der Waals surface area contributed by atoms with Crippen molar-refractivity contribution in [2.45, 2.75) is 26.8 Å². The minimum absolute atomic E-state index is 0.326. The summed E-state index contributed by atoms with van der Waals surface area (Å²) in [6.07, 6.45) is 0. The van der Waals surface area contributed by atoms with Gasteiger partial charge in [-0.2, -0.15) is 11.3 Å². The van der Waals surface area contributed by atoms with Gasteiger partial charge in [-0.05, 0) is 59.5 Å². The Kier molecular flexibility index (Phi) is 3.97. The fourth-order valence-electron chi connectivity index (χ4n) is 2.31. The molecule has 90 valence electrons. The molecule has 1 aromatic carbocycles. The Morgan fingerprint density at radius 3 is 2.41 bits per heavy atom. The first-order chi connectivity index (χ1) is 8.24. The zero-order chi connectivity index (χ0) is 12.3. The molecule has 0 aliphatic heterocycles. The van der Waals surface area contributed by atoms with E-state index < -0.39 is 0 Å². The summed E-state index contributed by atoms with van der Waals surface area (Å²) < 4.78 is 0. The maximum absolute atomic E-state index is 3.59. The molecular formula is C15H19NS. The quantitative estimate of drug-likeness (QED) is 0.856. The fourth-order valence-corrected chi connectivity index (χ4v) is 3.00. The Hall–Kier alpha value is -1.12. The SMILES string of the molecule is CCNC(c1ccsc1)c1c(C)cccc1C. The number of aryl methyl sites for hydroxylation is 2. The van der Waals surface area contributed by atoms with Gasteiger partial charge in [-0.15, -0.1) is 0 Å². The summed E-state index contributed by atoms with van der Waals surface area (Å²) in [6.45, 7) is 7.53. The highest BCUT2D eigenvalue weighted by atomic mass is 32.1. The molecule has 0 fully saturated rings. The van der Waals surface area contributed by atoms with E-state index in [-0.39, 0.29) is 0 Å². The molecule has 2 rings (SSSR count). The van der Waals surface area contributed by atoms with Crippen molar-refractivity contribution in [1.82, 2.24) is 5.32 Å². The van der Waals surface area contributed by atoms with Crippen molar-refractivity contribution in [2.75, 3.05) is 6.54 Å². The molecule has 0 saturated heterocycles. The highest BCUT2D eigenvalue weighted by molar-refractivity contribution is 7.08. The number of benzene rings is 1. The molecule has 1 nitrogen and oxygen atoms in total.